The SMILES string of the molecule is O=C(O)c1cnc(SC2CCOCC2)c2ccccc12. The van der Waals surface area contributed by atoms with Gasteiger partial charge in [-0.25, -0.2) is 9.78 Å². The summed E-state index contributed by atoms with van der Waals surface area (Å²) in [7, 11) is 0. The standard InChI is InChI=1S/C15H15NO3S/c17-15(18)13-9-16-14(12-4-2-1-3-11(12)13)20-10-5-7-19-8-6-10/h1-4,9-10H,5-8H2,(H,17,18). The van der Waals surface area contributed by atoms with E-state index in [-0.39, 0.29) is 5.56 Å². The first-order valence-electron chi connectivity index (χ1n) is 6.61. The number of rotatable bonds is 3. The van der Waals surface area contributed by atoms with Crippen molar-refractivity contribution in [1.29, 1.82) is 0 Å². The number of carboxylic acid groups (broad SMARTS) is 1. The van der Waals surface area contributed by atoms with Crippen LogP contribution >= 0.6 is 11.8 Å². The van der Waals surface area contributed by atoms with E-state index in [1.165, 1.54) is 6.20 Å². The number of thioether (sulfide) groups is 1. The smallest absolute Gasteiger partial charge is 0.337 e. The van der Waals surface area contributed by atoms with Gasteiger partial charge in [0.15, 0.2) is 0 Å². The average molecular weight is 289 g/mol. The summed E-state index contributed by atoms with van der Waals surface area (Å²) in [5.74, 6) is -0.934. The van der Waals surface area contributed by atoms with Crippen LogP contribution in [0.15, 0.2) is 35.5 Å². The maximum Gasteiger partial charge on any atom is 0.337 e. The number of nitrogens with zero attached hydrogens (tertiary/aromatic N) is 1. The second-order valence-electron chi connectivity index (χ2n) is 4.76. The van der Waals surface area contributed by atoms with Crippen molar-refractivity contribution in [3.63, 3.8) is 0 Å². The van der Waals surface area contributed by atoms with Gasteiger partial charge < -0.3 is 9.84 Å². The molecule has 5 heteroatoms. The van der Waals surface area contributed by atoms with Gasteiger partial charge in [0.2, 0.25) is 0 Å². The minimum Gasteiger partial charge on any atom is -0.478 e. The molecule has 3 rings (SSSR count). The van der Waals surface area contributed by atoms with Crippen LogP contribution in [-0.2, 0) is 4.74 Å². The first-order chi connectivity index (χ1) is 9.75. The molecule has 0 unspecified atom stereocenters. The number of carboxylic acids is 1. The van der Waals surface area contributed by atoms with E-state index in [1.54, 1.807) is 11.8 Å². The Morgan fingerprint density at radius 1 is 1.25 bits per heavy atom. The fourth-order valence-electron chi connectivity index (χ4n) is 2.38. The molecule has 0 spiro atoms. The predicted octanol–water partition coefficient (Wildman–Crippen LogP) is 3.20. The summed E-state index contributed by atoms with van der Waals surface area (Å²) >= 11 is 1.73. The van der Waals surface area contributed by atoms with Crippen molar-refractivity contribution in [2.45, 2.75) is 23.1 Å². The van der Waals surface area contributed by atoms with Gasteiger partial charge in [-0.1, -0.05) is 24.3 Å². The Labute approximate surface area is 121 Å². The van der Waals surface area contributed by atoms with Crippen LogP contribution in [0, 0.1) is 0 Å². The molecule has 1 saturated heterocycles. The van der Waals surface area contributed by atoms with E-state index in [0.717, 1.165) is 41.9 Å². The quantitative estimate of drug-likeness (QED) is 0.940. The summed E-state index contributed by atoms with van der Waals surface area (Å²) in [4.78, 5) is 15.6. The van der Waals surface area contributed by atoms with Gasteiger partial charge >= 0.3 is 5.97 Å². The Morgan fingerprint density at radius 2 is 1.95 bits per heavy atom. The number of aromatic carboxylic acids is 1. The lowest BCUT2D eigenvalue weighted by molar-refractivity contribution is 0.0698. The molecule has 2 heterocycles. The van der Waals surface area contributed by atoms with Gasteiger partial charge in [0, 0.05) is 35.4 Å². The highest BCUT2D eigenvalue weighted by atomic mass is 32.2. The van der Waals surface area contributed by atoms with Crippen LogP contribution < -0.4 is 0 Å². The van der Waals surface area contributed by atoms with Crippen molar-refractivity contribution in [3.05, 3.63) is 36.0 Å². The van der Waals surface area contributed by atoms with Gasteiger partial charge in [0.05, 0.1) is 5.56 Å². The average Bonchev–Trinajstić information content (AvgIpc) is 2.48. The molecule has 1 aliphatic heterocycles. The van der Waals surface area contributed by atoms with Crippen LogP contribution in [0.3, 0.4) is 0 Å². The number of ether oxygens (including phenoxy) is 1. The molecule has 1 aliphatic rings. The van der Waals surface area contributed by atoms with Crippen LogP contribution in [0.2, 0.25) is 0 Å². The molecule has 2 aromatic rings. The zero-order valence-corrected chi connectivity index (χ0v) is 11.7. The normalized spacial score (nSPS) is 16.4. The Morgan fingerprint density at radius 3 is 2.65 bits per heavy atom. The molecule has 0 radical (unpaired) electrons. The summed E-state index contributed by atoms with van der Waals surface area (Å²) in [6.45, 7) is 1.59. The zero-order chi connectivity index (χ0) is 13.9. The van der Waals surface area contributed by atoms with Crippen LogP contribution in [0.1, 0.15) is 23.2 Å². The van der Waals surface area contributed by atoms with Crippen molar-refractivity contribution in [2.75, 3.05) is 13.2 Å². The van der Waals surface area contributed by atoms with E-state index in [4.69, 9.17) is 4.74 Å². The number of fused-ring (bicyclic) bond motifs is 1. The lowest BCUT2D eigenvalue weighted by Gasteiger charge is -2.21. The van der Waals surface area contributed by atoms with Crippen molar-refractivity contribution >= 4 is 28.5 Å². The van der Waals surface area contributed by atoms with Crippen LogP contribution in [0.5, 0.6) is 0 Å². The van der Waals surface area contributed by atoms with E-state index in [1.807, 2.05) is 24.3 Å². The summed E-state index contributed by atoms with van der Waals surface area (Å²) in [5.41, 5.74) is 0.261. The van der Waals surface area contributed by atoms with E-state index in [9.17, 15) is 9.90 Å². The van der Waals surface area contributed by atoms with Crippen molar-refractivity contribution in [2.24, 2.45) is 0 Å². The Bertz CT molecular complexity index is 638. The number of hydrogen-bond donors (Lipinski definition) is 1. The lowest BCUT2D eigenvalue weighted by atomic mass is 10.1. The number of carbonyl (C=O) groups is 1. The van der Waals surface area contributed by atoms with Crippen molar-refractivity contribution in [3.8, 4) is 0 Å². The van der Waals surface area contributed by atoms with Crippen LogP contribution in [0.4, 0.5) is 0 Å². The molecule has 1 fully saturated rings. The first kappa shape index (κ1) is 13.4. The number of aromatic nitrogens is 1. The predicted molar refractivity (Wildman–Crippen MR) is 78.4 cm³/mol. The summed E-state index contributed by atoms with van der Waals surface area (Å²) in [6, 6.07) is 7.56. The van der Waals surface area contributed by atoms with E-state index >= 15 is 0 Å². The molecule has 104 valence electrons. The highest BCUT2D eigenvalue weighted by molar-refractivity contribution is 8.00. The number of pyridine rings is 1. The summed E-state index contributed by atoms with van der Waals surface area (Å²) in [6.07, 6.45) is 3.50. The van der Waals surface area contributed by atoms with Crippen LogP contribution in [-0.4, -0.2) is 34.5 Å². The monoisotopic (exact) mass is 289 g/mol. The number of benzene rings is 1. The topological polar surface area (TPSA) is 59.4 Å². The molecule has 0 saturated carbocycles. The molecule has 0 bridgehead atoms. The van der Waals surface area contributed by atoms with Gasteiger partial charge in [-0.2, -0.15) is 0 Å². The molecular formula is C15H15NO3S. The maximum atomic E-state index is 11.3. The minimum absolute atomic E-state index is 0.261. The minimum atomic E-state index is -0.934. The molecular weight excluding hydrogens is 274 g/mol. The molecule has 0 atom stereocenters. The van der Waals surface area contributed by atoms with Gasteiger partial charge in [0.25, 0.3) is 0 Å². The summed E-state index contributed by atoms with van der Waals surface area (Å²) in [5, 5.41) is 12.3. The molecule has 1 N–H and O–H groups in total. The fraction of sp³-hybridized carbons (Fsp3) is 0.333. The van der Waals surface area contributed by atoms with Gasteiger partial charge in [-0.15, -0.1) is 11.8 Å². The lowest BCUT2D eigenvalue weighted by Crippen LogP contribution is -2.17. The van der Waals surface area contributed by atoms with Gasteiger partial charge in [-0.05, 0) is 12.8 Å². The van der Waals surface area contributed by atoms with Crippen molar-refractivity contribution < 1.29 is 14.6 Å². The first-order valence-corrected chi connectivity index (χ1v) is 7.49. The molecule has 1 aromatic heterocycles. The highest BCUT2D eigenvalue weighted by Gasteiger charge is 2.18. The van der Waals surface area contributed by atoms with Crippen LogP contribution in [0.25, 0.3) is 10.8 Å². The Balaban J connectivity index is 1.99. The van der Waals surface area contributed by atoms with Gasteiger partial charge in [-0.3, -0.25) is 0 Å². The molecule has 20 heavy (non-hydrogen) atoms. The second kappa shape index (κ2) is 5.81. The third-order valence-corrected chi connectivity index (χ3v) is 4.79. The summed E-state index contributed by atoms with van der Waals surface area (Å²) < 4.78 is 5.36. The molecule has 0 aliphatic carbocycles. The third kappa shape index (κ3) is 2.64. The Hall–Kier alpha value is -1.59. The van der Waals surface area contributed by atoms with E-state index in [2.05, 4.69) is 4.98 Å². The zero-order valence-electron chi connectivity index (χ0n) is 10.9. The molecule has 4 nitrogen and oxygen atoms in total. The highest BCUT2D eigenvalue weighted by Crippen LogP contribution is 2.34. The molecule has 1 aromatic carbocycles. The van der Waals surface area contributed by atoms with Crippen molar-refractivity contribution in [1.82, 2.24) is 4.98 Å². The van der Waals surface area contributed by atoms with E-state index < -0.39 is 5.97 Å². The third-order valence-electron chi connectivity index (χ3n) is 3.44. The van der Waals surface area contributed by atoms with E-state index in [0.29, 0.717) is 5.25 Å². The van der Waals surface area contributed by atoms with Gasteiger partial charge in [0.1, 0.15) is 5.03 Å². The Kier molecular flexibility index (Phi) is 3.89. The maximum absolute atomic E-state index is 11.3. The largest absolute Gasteiger partial charge is 0.478 e. The fourth-order valence-corrected chi connectivity index (χ4v) is 3.55. The molecule has 0 amide bonds. The number of hydrogen-bond acceptors (Lipinski definition) is 4. The second-order valence-corrected chi connectivity index (χ2v) is 6.05.